The Bertz CT molecular complexity index is 346. The van der Waals surface area contributed by atoms with Gasteiger partial charge in [0.1, 0.15) is 5.82 Å². The van der Waals surface area contributed by atoms with Crippen LogP contribution in [-0.2, 0) is 0 Å². The number of hydrogen-bond acceptors (Lipinski definition) is 2. The highest BCUT2D eigenvalue weighted by Crippen LogP contribution is 2.28. The topological polar surface area (TPSA) is 18.5 Å². The van der Waals surface area contributed by atoms with Crippen LogP contribution in [0.3, 0.4) is 0 Å². The molecule has 0 aromatic heterocycles. The van der Waals surface area contributed by atoms with E-state index in [1.54, 1.807) is 13.0 Å². The van der Waals surface area contributed by atoms with Crippen molar-refractivity contribution in [3.8, 4) is 11.5 Å². The van der Waals surface area contributed by atoms with Gasteiger partial charge in [0, 0.05) is 6.07 Å². The summed E-state index contributed by atoms with van der Waals surface area (Å²) in [6.07, 6.45) is 1.80. The Morgan fingerprint density at radius 1 is 1.25 bits per heavy atom. The molecule has 0 heterocycles. The van der Waals surface area contributed by atoms with Gasteiger partial charge in [0.15, 0.2) is 11.5 Å². The van der Waals surface area contributed by atoms with Gasteiger partial charge in [0.25, 0.3) is 0 Å². The van der Waals surface area contributed by atoms with E-state index in [1.165, 1.54) is 25.3 Å². The first-order chi connectivity index (χ1) is 7.67. The van der Waals surface area contributed by atoms with Crippen molar-refractivity contribution in [3.05, 3.63) is 35.9 Å². The van der Waals surface area contributed by atoms with Crippen LogP contribution in [0.15, 0.2) is 30.0 Å². The molecule has 0 N–H and O–H groups in total. The molecule has 90 valence electrons. The van der Waals surface area contributed by atoms with Crippen LogP contribution in [-0.4, -0.2) is 7.11 Å². The zero-order valence-corrected chi connectivity index (χ0v) is 10.5. The molecule has 2 nitrogen and oxygen atoms in total. The molecule has 16 heavy (non-hydrogen) atoms. The maximum Gasteiger partial charge on any atom is 0.171 e. The van der Waals surface area contributed by atoms with Crippen LogP contribution < -0.4 is 9.47 Å². The van der Waals surface area contributed by atoms with E-state index in [1.807, 2.05) is 20.8 Å². The second kappa shape index (κ2) is 7.74. The quantitative estimate of drug-likeness (QED) is 0.720. The highest BCUT2D eigenvalue weighted by Gasteiger charge is 2.05. The van der Waals surface area contributed by atoms with E-state index >= 15 is 0 Å². The molecule has 1 aromatic carbocycles. The second-order valence-corrected chi connectivity index (χ2v) is 2.80. The lowest BCUT2D eigenvalue weighted by Gasteiger charge is -2.09. The summed E-state index contributed by atoms with van der Waals surface area (Å²) in [5.41, 5.74) is 0. The number of benzene rings is 1. The summed E-state index contributed by atoms with van der Waals surface area (Å²) >= 11 is 0. The fourth-order valence-corrected chi connectivity index (χ4v) is 0.963. The number of methoxy groups -OCH3 is 1. The Labute approximate surface area is 96.7 Å². The van der Waals surface area contributed by atoms with Crippen molar-refractivity contribution in [1.29, 1.82) is 0 Å². The van der Waals surface area contributed by atoms with Crippen LogP contribution in [0.4, 0.5) is 4.39 Å². The van der Waals surface area contributed by atoms with Gasteiger partial charge < -0.3 is 9.47 Å². The fourth-order valence-electron chi connectivity index (χ4n) is 0.963. The van der Waals surface area contributed by atoms with Crippen molar-refractivity contribution in [2.24, 2.45) is 0 Å². The molecule has 3 heteroatoms. The van der Waals surface area contributed by atoms with Crippen LogP contribution in [0.1, 0.15) is 27.7 Å². The molecule has 0 spiro atoms. The SMILES string of the molecule is C/C=C(\C)Oc1cc(F)ccc1OC.CC. The van der Waals surface area contributed by atoms with Crippen molar-refractivity contribution in [1.82, 2.24) is 0 Å². The van der Waals surface area contributed by atoms with E-state index in [4.69, 9.17) is 9.47 Å². The Morgan fingerprint density at radius 2 is 1.88 bits per heavy atom. The molecular weight excluding hydrogens is 207 g/mol. The first kappa shape index (κ1) is 14.5. The van der Waals surface area contributed by atoms with Crippen molar-refractivity contribution in [2.45, 2.75) is 27.7 Å². The molecule has 0 fully saturated rings. The van der Waals surface area contributed by atoms with Crippen LogP contribution in [0.5, 0.6) is 11.5 Å². The summed E-state index contributed by atoms with van der Waals surface area (Å²) in [5, 5.41) is 0. The Morgan fingerprint density at radius 3 is 2.38 bits per heavy atom. The van der Waals surface area contributed by atoms with Crippen molar-refractivity contribution in [2.75, 3.05) is 7.11 Å². The van der Waals surface area contributed by atoms with E-state index in [2.05, 4.69) is 0 Å². The zero-order chi connectivity index (χ0) is 12.6. The number of hydrogen-bond donors (Lipinski definition) is 0. The first-order valence-corrected chi connectivity index (χ1v) is 5.31. The monoisotopic (exact) mass is 226 g/mol. The number of ether oxygens (including phenoxy) is 2. The van der Waals surface area contributed by atoms with Crippen LogP contribution in [0.2, 0.25) is 0 Å². The van der Waals surface area contributed by atoms with Gasteiger partial charge in [-0.05, 0) is 32.1 Å². The van der Waals surface area contributed by atoms with Gasteiger partial charge in [-0.15, -0.1) is 0 Å². The van der Waals surface area contributed by atoms with Crippen molar-refractivity contribution < 1.29 is 13.9 Å². The van der Waals surface area contributed by atoms with Gasteiger partial charge in [0.2, 0.25) is 0 Å². The predicted molar refractivity (Wildman–Crippen MR) is 64.4 cm³/mol. The summed E-state index contributed by atoms with van der Waals surface area (Å²) in [6, 6.07) is 4.16. The second-order valence-electron chi connectivity index (χ2n) is 2.80. The van der Waals surface area contributed by atoms with Gasteiger partial charge in [-0.25, -0.2) is 4.39 Å². The predicted octanol–water partition coefficient (Wildman–Crippen LogP) is 4.16. The van der Waals surface area contributed by atoms with Gasteiger partial charge in [-0.3, -0.25) is 0 Å². The summed E-state index contributed by atoms with van der Waals surface area (Å²) in [6.45, 7) is 7.64. The van der Waals surface area contributed by atoms with Gasteiger partial charge in [-0.2, -0.15) is 0 Å². The normalized spacial score (nSPS) is 10.2. The van der Waals surface area contributed by atoms with Crippen LogP contribution >= 0.6 is 0 Å². The summed E-state index contributed by atoms with van der Waals surface area (Å²) < 4.78 is 23.3. The third-order valence-corrected chi connectivity index (χ3v) is 1.80. The van der Waals surface area contributed by atoms with Crippen LogP contribution in [0.25, 0.3) is 0 Å². The minimum Gasteiger partial charge on any atom is -0.493 e. The maximum atomic E-state index is 12.9. The smallest absolute Gasteiger partial charge is 0.171 e. The molecule has 0 aliphatic rings. The lowest BCUT2D eigenvalue weighted by molar-refractivity contribution is 0.359. The molecular formula is C13H19FO2. The van der Waals surface area contributed by atoms with Crippen molar-refractivity contribution >= 4 is 0 Å². The summed E-state index contributed by atoms with van der Waals surface area (Å²) in [4.78, 5) is 0. The fraction of sp³-hybridized carbons (Fsp3) is 0.385. The number of allylic oxidation sites excluding steroid dienone is 2. The van der Waals surface area contributed by atoms with Gasteiger partial charge in [0.05, 0.1) is 12.9 Å². The van der Waals surface area contributed by atoms with E-state index in [-0.39, 0.29) is 5.82 Å². The lowest BCUT2D eigenvalue weighted by Crippen LogP contribution is -1.94. The molecule has 1 rings (SSSR count). The Hall–Kier alpha value is -1.51. The number of halogens is 1. The average Bonchev–Trinajstić information content (AvgIpc) is 2.32. The van der Waals surface area contributed by atoms with E-state index in [0.29, 0.717) is 17.3 Å². The molecule has 0 aliphatic carbocycles. The van der Waals surface area contributed by atoms with E-state index in [9.17, 15) is 4.39 Å². The lowest BCUT2D eigenvalue weighted by atomic mass is 10.3. The maximum absolute atomic E-state index is 12.9. The van der Waals surface area contributed by atoms with Gasteiger partial charge in [-0.1, -0.05) is 13.8 Å². The minimum absolute atomic E-state index is 0.343. The standard InChI is InChI=1S/C11H13FO2.C2H6/c1-4-8(2)14-11-7-9(12)5-6-10(11)13-3;1-2/h4-7H,1-3H3;1-2H3/b8-4+;. The third kappa shape index (κ3) is 4.34. The average molecular weight is 226 g/mol. The molecule has 0 saturated heterocycles. The molecule has 0 radical (unpaired) electrons. The molecule has 0 atom stereocenters. The van der Waals surface area contributed by atoms with E-state index in [0.717, 1.165) is 0 Å². The molecule has 0 aliphatic heterocycles. The summed E-state index contributed by atoms with van der Waals surface area (Å²) in [5.74, 6) is 1.27. The Kier molecular flexibility index (Phi) is 7.01. The highest BCUT2D eigenvalue weighted by molar-refractivity contribution is 5.40. The molecule has 1 aromatic rings. The van der Waals surface area contributed by atoms with E-state index < -0.39 is 0 Å². The molecule has 0 saturated carbocycles. The Balaban J connectivity index is 0.00000106. The molecule has 0 unspecified atom stereocenters. The third-order valence-electron chi connectivity index (χ3n) is 1.80. The largest absolute Gasteiger partial charge is 0.493 e. The molecule has 0 bridgehead atoms. The van der Waals surface area contributed by atoms with Gasteiger partial charge >= 0.3 is 0 Å². The highest BCUT2D eigenvalue weighted by atomic mass is 19.1. The summed E-state index contributed by atoms with van der Waals surface area (Å²) in [7, 11) is 1.52. The molecule has 0 amide bonds. The number of rotatable bonds is 3. The van der Waals surface area contributed by atoms with Crippen LogP contribution in [0, 0.1) is 5.82 Å². The zero-order valence-electron chi connectivity index (χ0n) is 10.5. The first-order valence-electron chi connectivity index (χ1n) is 5.31. The van der Waals surface area contributed by atoms with Crippen molar-refractivity contribution in [3.63, 3.8) is 0 Å². The minimum atomic E-state index is -0.343.